The lowest BCUT2D eigenvalue weighted by Crippen LogP contribution is -2.42. The van der Waals surface area contributed by atoms with Crippen molar-refractivity contribution in [3.63, 3.8) is 0 Å². The normalized spacial score (nSPS) is 14.3. The summed E-state index contributed by atoms with van der Waals surface area (Å²) in [4.78, 5) is 4.24. The summed E-state index contributed by atoms with van der Waals surface area (Å²) >= 11 is 0. The Morgan fingerprint density at radius 1 is 1.38 bits per heavy atom. The van der Waals surface area contributed by atoms with Gasteiger partial charge in [0, 0.05) is 13.6 Å². The number of hydrogen-bond donors (Lipinski definition) is 2. The second-order valence-corrected chi connectivity index (χ2v) is 7.37. The molecule has 0 bridgehead atoms. The highest BCUT2D eigenvalue weighted by Crippen LogP contribution is 2.20. The lowest BCUT2D eigenvalue weighted by Gasteiger charge is -2.22. The maximum atomic E-state index is 12.6. The van der Waals surface area contributed by atoms with Crippen LogP contribution in [0, 0.1) is 24.2 Å². The number of rotatable bonds is 7. The van der Waals surface area contributed by atoms with Crippen molar-refractivity contribution in [2.24, 2.45) is 5.92 Å². The lowest BCUT2D eigenvalue weighted by atomic mass is 10.1. The van der Waals surface area contributed by atoms with Crippen molar-refractivity contribution in [2.45, 2.75) is 19.9 Å². The van der Waals surface area contributed by atoms with Crippen LogP contribution < -0.4 is 4.72 Å². The molecular formula is C15H20N6O2S. The summed E-state index contributed by atoms with van der Waals surface area (Å²) in [7, 11) is -2.38. The summed E-state index contributed by atoms with van der Waals surface area (Å²) in [6.45, 7) is 3.51. The van der Waals surface area contributed by atoms with Crippen molar-refractivity contribution in [1.29, 1.82) is 5.26 Å². The van der Waals surface area contributed by atoms with Crippen LogP contribution in [0.5, 0.6) is 0 Å². The highest BCUT2D eigenvalue weighted by molar-refractivity contribution is 7.87. The van der Waals surface area contributed by atoms with E-state index in [0.717, 1.165) is 9.87 Å². The standard InChI is InChI=1S/C15H20N6O2S/c1-11(9-16)10-21(3)24(22,23)20-14(13-7-5-4-6-8-13)15-17-12(2)18-19-15/h4-8,11,14,20H,10H2,1-3H3,(H,17,18,19)/t11-,14+/m1/s1. The summed E-state index contributed by atoms with van der Waals surface area (Å²) in [5, 5.41) is 15.7. The van der Waals surface area contributed by atoms with E-state index in [1.807, 2.05) is 24.3 Å². The Kier molecular flexibility index (Phi) is 5.66. The minimum atomic E-state index is -3.81. The third-order valence-corrected chi connectivity index (χ3v) is 4.94. The van der Waals surface area contributed by atoms with Gasteiger partial charge >= 0.3 is 0 Å². The van der Waals surface area contributed by atoms with E-state index in [4.69, 9.17) is 5.26 Å². The predicted molar refractivity (Wildman–Crippen MR) is 88.9 cm³/mol. The number of benzene rings is 1. The van der Waals surface area contributed by atoms with E-state index in [9.17, 15) is 8.42 Å². The molecule has 128 valence electrons. The zero-order valence-electron chi connectivity index (χ0n) is 13.8. The predicted octanol–water partition coefficient (Wildman–Crippen LogP) is 1.13. The van der Waals surface area contributed by atoms with E-state index in [2.05, 4.69) is 19.9 Å². The van der Waals surface area contributed by atoms with Gasteiger partial charge in [-0.25, -0.2) is 4.98 Å². The molecule has 0 saturated heterocycles. The van der Waals surface area contributed by atoms with Crippen molar-refractivity contribution in [3.05, 3.63) is 47.5 Å². The Hall–Kier alpha value is -2.28. The molecule has 0 amide bonds. The van der Waals surface area contributed by atoms with Crippen molar-refractivity contribution < 1.29 is 8.42 Å². The number of aryl methyl sites for hydroxylation is 1. The van der Waals surface area contributed by atoms with E-state index in [1.165, 1.54) is 7.05 Å². The van der Waals surface area contributed by atoms with Crippen molar-refractivity contribution in [2.75, 3.05) is 13.6 Å². The number of H-pyrrole nitrogens is 1. The Bertz CT molecular complexity index is 812. The van der Waals surface area contributed by atoms with Crippen molar-refractivity contribution in [3.8, 4) is 6.07 Å². The summed E-state index contributed by atoms with van der Waals surface area (Å²) in [5.41, 5.74) is 0.724. The van der Waals surface area contributed by atoms with Gasteiger partial charge in [-0.2, -0.15) is 27.8 Å². The molecule has 9 heteroatoms. The monoisotopic (exact) mass is 348 g/mol. The molecule has 2 N–H and O–H groups in total. The Morgan fingerprint density at radius 3 is 2.58 bits per heavy atom. The molecule has 0 saturated carbocycles. The van der Waals surface area contributed by atoms with Gasteiger partial charge in [0.15, 0.2) is 5.82 Å². The zero-order valence-corrected chi connectivity index (χ0v) is 14.6. The Morgan fingerprint density at radius 2 is 2.04 bits per heavy atom. The molecule has 0 unspecified atom stereocenters. The average molecular weight is 348 g/mol. The molecule has 8 nitrogen and oxygen atoms in total. The number of hydrogen-bond acceptors (Lipinski definition) is 5. The van der Waals surface area contributed by atoms with Gasteiger partial charge in [0.2, 0.25) is 0 Å². The zero-order chi connectivity index (χ0) is 17.7. The first-order valence-corrected chi connectivity index (χ1v) is 8.84. The van der Waals surface area contributed by atoms with E-state index in [1.54, 1.807) is 26.0 Å². The van der Waals surface area contributed by atoms with Gasteiger partial charge in [-0.05, 0) is 19.4 Å². The first kappa shape index (κ1) is 18.1. The first-order chi connectivity index (χ1) is 11.3. The molecule has 1 heterocycles. The second-order valence-electron chi connectivity index (χ2n) is 5.56. The molecular weight excluding hydrogens is 328 g/mol. The van der Waals surface area contributed by atoms with Crippen LogP contribution in [-0.2, 0) is 10.2 Å². The van der Waals surface area contributed by atoms with Gasteiger partial charge in [-0.1, -0.05) is 30.3 Å². The smallest absolute Gasteiger partial charge is 0.263 e. The van der Waals surface area contributed by atoms with Crippen molar-refractivity contribution in [1.82, 2.24) is 24.2 Å². The van der Waals surface area contributed by atoms with Crippen LogP contribution in [0.3, 0.4) is 0 Å². The van der Waals surface area contributed by atoms with Crippen LogP contribution in [0.1, 0.15) is 30.2 Å². The fourth-order valence-electron chi connectivity index (χ4n) is 2.17. The van der Waals surface area contributed by atoms with Gasteiger partial charge in [0.05, 0.1) is 12.0 Å². The third kappa shape index (κ3) is 4.38. The van der Waals surface area contributed by atoms with Gasteiger partial charge in [0.25, 0.3) is 10.2 Å². The fraction of sp³-hybridized carbons (Fsp3) is 0.400. The topological polar surface area (TPSA) is 115 Å². The molecule has 0 aliphatic heterocycles. The van der Waals surface area contributed by atoms with E-state index in [0.29, 0.717) is 11.6 Å². The molecule has 2 rings (SSSR count). The molecule has 0 radical (unpaired) electrons. The third-order valence-electron chi connectivity index (χ3n) is 3.43. The minimum absolute atomic E-state index is 0.0976. The molecule has 2 aromatic rings. The molecule has 0 aliphatic carbocycles. The fourth-order valence-corrected chi connectivity index (χ4v) is 3.31. The maximum absolute atomic E-state index is 12.6. The van der Waals surface area contributed by atoms with Gasteiger partial charge < -0.3 is 0 Å². The Labute approximate surface area is 141 Å². The molecule has 0 spiro atoms. The Balaban J connectivity index is 2.30. The molecule has 0 aliphatic rings. The van der Waals surface area contributed by atoms with Crippen LogP contribution in [-0.4, -0.2) is 41.5 Å². The molecule has 24 heavy (non-hydrogen) atoms. The number of nitriles is 1. The van der Waals surface area contributed by atoms with Crippen LogP contribution in [0.2, 0.25) is 0 Å². The summed E-state index contributed by atoms with van der Waals surface area (Å²) in [6.07, 6.45) is 0. The largest absolute Gasteiger partial charge is 0.280 e. The summed E-state index contributed by atoms with van der Waals surface area (Å²) in [6, 6.07) is 10.4. The molecule has 0 fully saturated rings. The minimum Gasteiger partial charge on any atom is -0.263 e. The van der Waals surface area contributed by atoms with E-state index in [-0.39, 0.29) is 6.54 Å². The number of nitrogens with one attached hydrogen (secondary N) is 2. The molecule has 2 atom stereocenters. The second kappa shape index (κ2) is 7.53. The lowest BCUT2D eigenvalue weighted by molar-refractivity contribution is 0.425. The molecule has 1 aromatic heterocycles. The highest BCUT2D eigenvalue weighted by atomic mass is 32.2. The van der Waals surface area contributed by atoms with Crippen molar-refractivity contribution >= 4 is 10.2 Å². The van der Waals surface area contributed by atoms with Gasteiger partial charge in [0.1, 0.15) is 11.9 Å². The molecule has 1 aromatic carbocycles. The first-order valence-electron chi connectivity index (χ1n) is 7.40. The number of aromatic amines is 1. The number of nitrogens with zero attached hydrogens (tertiary/aromatic N) is 4. The quantitative estimate of drug-likeness (QED) is 0.778. The van der Waals surface area contributed by atoms with E-state index < -0.39 is 22.2 Å². The van der Waals surface area contributed by atoms with Gasteiger partial charge in [-0.15, -0.1) is 0 Å². The van der Waals surface area contributed by atoms with Crippen LogP contribution in [0.15, 0.2) is 30.3 Å². The summed E-state index contributed by atoms with van der Waals surface area (Å²) < 4.78 is 28.9. The SMILES string of the molecule is Cc1nc([C@@H](NS(=O)(=O)N(C)C[C@H](C)C#N)c2ccccc2)n[nH]1. The number of aromatic nitrogens is 3. The average Bonchev–Trinajstić information content (AvgIpc) is 2.99. The van der Waals surface area contributed by atoms with Crippen LogP contribution >= 0.6 is 0 Å². The van der Waals surface area contributed by atoms with E-state index >= 15 is 0 Å². The highest BCUT2D eigenvalue weighted by Gasteiger charge is 2.28. The van der Waals surface area contributed by atoms with Gasteiger partial charge in [-0.3, -0.25) is 5.10 Å². The summed E-state index contributed by atoms with van der Waals surface area (Å²) in [5.74, 6) is 0.521. The van der Waals surface area contributed by atoms with Crippen LogP contribution in [0.4, 0.5) is 0 Å². The maximum Gasteiger partial charge on any atom is 0.280 e. The van der Waals surface area contributed by atoms with Crippen LogP contribution in [0.25, 0.3) is 0 Å².